The first-order valence-corrected chi connectivity index (χ1v) is 9.54. The number of methoxy groups -OCH3 is 4. The van der Waals surface area contributed by atoms with Crippen molar-refractivity contribution in [2.24, 2.45) is 0 Å². The van der Waals surface area contributed by atoms with E-state index in [0.29, 0.717) is 18.0 Å². The van der Waals surface area contributed by atoms with E-state index in [4.69, 9.17) is 18.9 Å². The molecular formula is C23H27NO5. The Balaban J connectivity index is 1.81. The van der Waals surface area contributed by atoms with Gasteiger partial charge in [0.25, 0.3) is 0 Å². The van der Waals surface area contributed by atoms with E-state index in [1.807, 2.05) is 35.2 Å². The SMILES string of the molecule is COc1ccc(/C=C/C(=O)N2CCCC2c2ccc(OC)cc2OC)c(OC)c1. The maximum Gasteiger partial charge on any atom is 0.247 e. The highest BCUT2D eigenvalue weighted by molar-refractivity contribution is 5.92. The highest BCUT2D eigenvalue weighted by Gasteiger charge is 2.31. The number of rotatable bonds is 7. The van der Waals surface area contributed by atoms with E-state index in [1.165, 1.54) is 0 Å². The van der Waals surface area contributed by atoms with Gasteiger partial charge >= 0.3 is 0 Å². The molecule has 0 radical (unpaired) electrons. The van der Waals surface area contributed by atoms with E-state index in [2.05, 4.69) is 0 Å². The van der Waals surface area contributed by atoms with Gasteiger partial charge in [-0.25, -0.2) is 0 Å². The number of benzene rings is 2. The zero-order valence-corrected chi connectivity index (χ0v) is 17.3. The minimum atomic E-state index is -0.0387. The molecule has 1 heterocycles. The van der Waals surface area contributed by atoms with Crippen LogP contribution in [0.5, 0.6) is 23.0 Å². The lowest BCUT2D eigenvalue weighted by atomic mass is 10.0. The van der Waals surface area contributed by atoms with E-state index in [0.717, 1.165) is 35.5 Å². The summed E-state index contributed by atoms with van der Waals surface area (Å²) in [6, 6.07) is 11.2. The van der Waals surface area contributed by atoms with E-state index < -0.39 is 0 Å². The summed E-state index contributed by atoms with van der Waals surface area (Å²) in [5, 5.41) is 0. The van der Waals surface area contributed by atoms with Crippen molar-refractivity contribution in [2.45, 2.75) is 18.9 Å². The molecule has 29 heavy (non-hydrogen) atoms. The number of carbonyl (C=O) groups excluding carboxylic acids is 1. The Labute approximate surface area is 171 Å². The number of amides is 1. The fraction of sp³-hybridized carbons (Fsp3) is 0.348. The van der Waals surface area contributed by atoms with E-state index in [1.54, 1.807) is 46.7 Å². The minimum Gasteiger partial charge on any atom is -0.497 e. The van der Waals surface area contributed by atoms with Gasteiger partial charge in [-0.05, 0) is 43.2 Å². The average molecular weight is 397 g/mol. The molecule has 1 aliphatic rings. The van der Waals surface area contributed by atoms with Crippen molar-refractivity contribution in [1.29, 1.82) is 0 Å². The standard InChI is InChI=1S/C23H27NO5/c1-26-17-9-7-16(21(14-17)28-3)8-12-23(25)24-13-5-6-20(24)19-11-10-18(27-2)15-22(19)29-4/h7-12,14-15,20H,5-6,13H2,1-4H3/b12-8+. The molecule has 1 aliphatic heterocycles. The lowest BCUT2D eigenvalue weighted by Gasteiger charge is -2.25. The van der Waals surface area contributed by atoms with Crippen LogP contribution in [-0.2, 0) is 4.79 Å². The lowest BCUT2D eigenvalue weighted by molar-refractivity contribution is -0.126. The first-order valence-electron chi connectivity index (χ1n) is 9.54. The van der Waals surface area contributed by atoms with Gasteiger partial charge in [0.1, 0.15) is 23.0 Å². The molecule has 1 fully saturated rings. The monoisotopic (exact) mass is 397 g/mol. The summed E-state index contributed by atoms with van der Waals surface area (Å²) in [4.78, 5) is 14.8. The molecular weight excluding hydrogens is 370 g/mol. The lowest BCUT2D eigenvalue weighted by Crippen LogP contribution is -2.29. The van der Waals surface area contributed by atoms with Crippen molar-refractivity contribution in [2.75, 3.05) is 35.0 Å². The Morgan fingerprint density at radius 2 is 1.59 bits per heavy atom. The summed E-state index contributed by atoms with van der Waals surface area (Å²) in [5.74, 6) is 2.78. The van der Waals surface area contributed by atoms with Crippen LogP contribution >= 0.6 is 0 Å². The fourth-order valence-corrected chi connectivity index (χ4v) is 3.66. The maximum atomic E-state index is 13.0. The third kappa shape index (κ3) is 4.47. The molecule has 2 aromatic rings. The molecule has 1 saturated heterocycles. The molecule has 0 bridgehead atoms. The molecule has 3 rings (SSSR count). The van der Waals surface area contributed by atoms with Crippen molar-refractivity contribution in [3.63, 3.8) is 0 Å². The topological polar surface area (TPSA) is 57.2 Å². The largest absolute Gasteiger partial charge is 0.497 e. The number of hydrogen-bond acceptors (Lipinski definition) is 5. The number of nitrogens with zero attached hydrogens (tertiary/aromatic N) is 1. The predicted octanol–water partition coefficient (Wildman–Crippen LogP) is 4.10. The van der Waals surface area contributed by atoms with Crippen LogP contribution in [0.2, 0.25) is 0 Å². The Morgan fingerprint density at radius 1 is 0.931 bits per heavy atom. The summed E-state index contributed by atoms with van der Waals surface area (Å²) in [5.41, 5.74) is 1.81. The normalized spacial score (nSPS) is 16.1. The summed E-state index contributed by atoms with van der Waals surface area (Å²) in [7, 11) is 6.46. The van der Waals surface area contributed by atoms with Crippen LogP contribution in [0.1, 0.15) is 30.0 Å². The van der Waals surface area contributed by atoms with Gasteiger partial charge in [-0.1, -0.05) is 0 Å². The number of likely N-dealkylation sites (tertiary alicyclic amines) is 1. The molecule has 0 N–H and O–H groups in total. The first-order chi connectivity index (χ1) is 14.1. The van der Waals surface area contributed by atoms with Gasteiger partial charge in [0.15, 0.2) is 0 Å². The van der Waals surface area contributed by atoms with Gasteiger partial charge < -0.3 is 23.8 Å². The van der Waals surface area contributed by atoms with Crippen LogP contribution < -0.4 is 18.9 Å². The van der Waals surface area contributed by atoms with Crippen molar-refractivity contribution >= 4 is 12.0 Å². The number of hydrogen-bond donors (Lipinski definition) is 0. The summed E-state index contributed by atoms with van der Waals surface area (Å²) >= 11 is 0. The molecule has 0 aliphatic carbocycles. The van der Waals surface area contributed by atoms with Gasteiger partial charge in [-0.3, -0.25) is 4.79 Å². The number of ether oxygens (including phenoxy) is 4. The van der Waals surface area contributed by atoms with Crippen LogP contribution in [0, 0.1) is 0 Å². The summed E-state index contributed by atoms with van der Waals surface area (Å²) in [6.07, 6.45) is 5.22. The Hall–Kier alpha value is -3.15. The van der Waals surface area contributed by atoms with Gasteiger partial charge in [0, 0.05) is 35.9 Å². The molecule has 2 aromatic carbocycles. The molecule has 0 saturated carbocycles. The third-order valence-electron chi connectivity index (χ3n) is 5.18. The van der Waals surface area contributed by atoms with Crippen molar-refractivity contribution in [3.8, 4) is 23.0 Å². The van der Waals surface area contributed by atoms with Crippen molar-refractivity contribution in [1.82, 2.24) is 4.90 Å². The van der Waals surface area contributed by atoms with Gasteiger partial charge in [-0.2, -0.15) is 0 Å². The fourth-order valence-electron chi connectivity index (χ4n) is 3.66. The Kier molecular flexibility index (Phi) is 6.65. The molecule has 6 heteroatoms. The van der Waals surface area contributed by atoms with E-state index in [-0.39, 0.29) is 11.9 Å². The first kappa shape index (κ1) is 20.6. The zero-order valence-electron chi connectivity index (χ0n) is 17.3. The van der Waals surface area contributed by atoms with E-state index in [9.17, 15) is 4.79 Å². The van der Waals surface area contributed by atoms with Crippen LogP contribution in [0.4, 0.5) is 0 Å². The second-order valence-corrected chi connectivity index (χ2v) is 6.74. The van der Waals surface area contributed by atoms with Gasteiger partial charge in [0.2, 0.25) is 5.91 Å². The highest BCUT2D eigenvalue weighted by Crippen LogP contribution is 2.39. The second-order valence-electron chi connectivity index (χ2n) is 6.74. The van der Waals surface area contributed by atoms with Crippen molar-refractivity contribution in [3.05, 3.63) is 53.6 Å². The quantitative estimate of drug-likeness (QED) is 0.659. The molecule has 1 unspecified atom stereocenters. The molecule has 0 aromatic heterocycles. The van der Waals surface area contributed by atoms with Gasteiger partial charge in [0.05, 0.1) is 34.5 Å². The zero-order chi connectivity index (χ0) is 20.8. The molecule has 154 valence electrons. The molecule has 1 amide bonds. The van der Waals surface area contributed by atoms with Crippen molar-refractivity contribution < 1.29 is 23.7 Å². The molecule has 0 spiro atoms. The Bertz CT molecular complexity index is 893. The maximum absolute atomic E-state index is 13.0. The molecule has 6 nitrogen and oxygen atoms in total. The smallest absolute Gasteiger partial charge is 0.247 e. The summed E-state index contributed by atoms with van der Waals surface area (Å²) < 4.78 is 21.5. The molecule has 1 atom stereocenters. The Morgan fingerprint density at radius 3 is 2.24 bits per heavy atom. The van der Waals surface area contributed by atoms with Crippen LogP contribution in [0.3, 0.4) is 0 Å². The van der Waals surface area contributed by atoms with E-state index >= 15 is 0 Å². The minimum absolute atomic E-state index is 0.0224. The predicted molar refractivity (Wildman–Crippen MR) is 112 cm³/mol. The average Bonchev–Trinajstić information content (AvgIpc) is 3.26. The van der Waals surface area contributed by atoms with Crippen LogP contribution in [-0.4, -0.2) is 45.8 Å². The third-order valence-corrected chi connectivity index (χ3v) is 5.18. The summed E-state index contributed by atoms with van der Waals surface area (Å²) in [6.45, 7) is 0.711. The van der Waals surface area contributed by atoms with Crippen LogP contribution in [0.15, 0.2) is 42.5 Å². The number of carbonyl (C=O) groups is 1. The highest BCUT2D eigenvalue weighted by atomic mass is 16.5. The van der Waals surface area contributed by atoms with Gasteiger partial charge in [-0.15, -0.1) is 0 Å². The van der Waals surface area contributed by atoms with Crippen LogP contribution in [0.25, 0.3) is 6.08 Å². The second kappa shape index (κ2) is 9.37.